The zero-order valence-electron chi connectivity index (χ0n) is 13.2. The van der Waals surface area contributed by atoms with Crippen LogP contribution in [0.25, 0.3) is 0 Å². The molecule has 22 heavy (non-hydrogen) atoms. The van der Waals surface area contributed by atoms with Crippen molar-refractivity contribution in [1.82, 2.24) is 9.88 Å². The van der Waals surface area contributed by atoms with E-state index in [1.807, 2.05) is 20.8 Å². The second kappa shape index (κ2) is 5.11. The topological polar surface area (TPSA) is 51.7 Å². The Balaban J connectivity index is 1.71. The predicted octanol–water partition coefficient (Wildman–Crippen LogP) is 2.88. The molecule has 1 aromatic heterocycles. The number of amides is 1. The zero-order valence-corrected chi connectivity index (χ0v) is 13.2. The van der Waals surface area contributed by atoms with Crippen LogP contribution in [0.15, 0.2) is 12.3 Å². The maximum Gasteiger partial charge on any atom is 0.410 e. The molecule has 3 rings (SSSR count). The van der Waals surface area contributed by atoms with Crippen LogP contribution in [-0.2, 0) is 10.2 Å². The molecule has 5 nitrogen and oxygen atoms in total. The summed E-state index contributed by atoms with van der Waals surface area (Å²) in [4.78, 5) is 17.5. The third-order valence-electron chi connectivity index (χ3n) is 4.28. The summed E-state index contributed by atoms with van der Waals surface area (Å²) in [6.07, 6.45) is 2.63. The zero-order chi connectivity index (χ0) is 16.0. The van der Waals surface area contributed by atoms with Crippen molar-refractivity contribution in [2.75, 3.05) is 19.7 Å². The van der Waals surface area contributed by atoms with Crippen molar-refractivity contribution in [3.63, 3.8) is 0 Å². The first-order valence-electron chi connectivity index (χ1n) is 7.56. The van der Waals surface area contributed by atoms with Crippen molar-refractivity contribution in [2.24, 2.45) is 0 Å². The molecule has 0 aliphatic carbocycles. The summed E-state index contributed by atoms with van der Waals surface area (Å²) in [5.41, 5.74) is 0.172. The van der Waals surface area contributed by atoms with Gasteiger partial charge in [0.15, 0.2) is 0 Å². The molecule has 0 aromatic carbocycles. The molecule has 1 spiro atoms. The summed E-state index contributed by atoms with van der Waals surface area (Å²) in [6, 6.07) is 1.46. The van der Waals surface area contributed by atoms with Crippen LogP contribution in [0.5, 0.6) is 5.75 Å². The molecular formula is C16H21FN2O3. The standard InChI is InChI=1S/C16H21FN2O3/c1-15(2,3)22-14(20)19-6-4-16(5-7-19)10-21-12-9-18-13(17)8-11(12)16/h8-9H,4-7,10H2,1-3H3. The first kappa shape index (κ1) is 15.1. The van der Waals surface area contributed by atoms with Crippen LogP contribution in [0.2, 0.25) is 0 Å². The van der Waals surface area contributed by atoms with E-state index in [-0.39, 0.29) is 11.5 Å². The van der Waals surface area contributed by atoms with Gasteiger partial charge in [-0.1, -0.05) is 0 Å². The molecule has 1 aromatic rings. The van der Waals surface area contributed by atoms with Gasteiger partial charge in [0.05, 0.1) is 12.8 Å². The molecular weight excluding hydrogens is 287 g/mol. The van der Waals surface area contributed by atoms with Crippen LogP contribution in [0.3, 0.4) is 0 Å². The molecule has 0 N–H and O–H groups in total. The number of rotatable bonds is 0. The number of ether oxygens (including phenoxy) is 2. The first-order chi connectivity index (χ1) is 10.3. The molecule has 1 amide bonds. The van der Waals surface area contributed by atoms with Crippen molar-refractivity contribution in [3.05, 3.63) is 23.8 Å². The third kappa shape index (κ3) is 2.74. The molecule has 2 aliphatic heterocycles. The molecule has 2 aliphatic rings. The van der Waals surface area contributed by atoms with Crippen LogP contribution in [0.1, 0.15) is 39.2 Å². The fourth-order valence-electron chi connectivity index (χ4n) is 3.10. The van der Waals surface area contributed by atoms with Gasteiger partial charge >= 0.3 is 6.09 Å². The van der Waals surface area contributed by atoms with E-state index in [2.05, 4.69) is 4.98 Å². The number of aromatic nitrogens is 1. The Hall–Kier alpha value is -1.85. The van der Waals surface area contributed by atoms with Gasteiger partial charge in [0.1, 0.15) is 11.4 Å². The minimum Gasteiger partial charge on any atom is -0.491 e. The Kier molecular flexibility index (Phi) is 3.50. The minimum atomic E-state index is -0.496. The maximum atomic E-state index is 13.4. The number of pyridine rings is 1. The van der Waals surface area contributed by atoms with Gasteiger partial charge in [0, 0.05) is 30.1 Å². The fraction of sp³-hybridized carbons (Fsp3) is 0.625. The van der Waals surface area contributed by atoms with E-state index in [0.29, 0.717) is 25.4 Å². The molecule has 0 unspecified atom stereocenters. The number of likely N-dealkylation sites (tertiary alicyclic amines) is 1. The molecule has 120 valence electrons. The van der Waals surface area contributed by atoms with E-state index in [1.54, 1.807) is 4.90 Å². The van der Waals surface area contributed by atoms with Gasteiger partial charge in [-0.2, -0.15) is 4.39 Å². The number of halogens is 1. The van der Waals surface area contributed by atoms with Gasteiger partial charge in [-0.05, 0) is 33.6 Å². The monoisotopic (exact) mass is 308 g/mol. The Labute approximate surface area is 129 Å². The van der Waals surface area contributed by atoms with E-state index in [0.717, 1.165) is 18.4 Å². The Morgan fingerprint density at radius 2 is 2.09 bits per heavy atom. The highest BCUT2D eigenvalue weighted by atomic mass is 19.1. The average molecular weight is 308 g/mol. The molecule has 0 saturated carbocycles. The lowest BCUT2D eigenvalue weighted by Gasteiger charge is -2.38. The highest BCUT2D eigenvalue weighted by molar-refractivity contribution is 5.68. The molecule has 0 radical (unpaired) electrons. The highest BCUT2D eigenvalue weighted by Crippen LogP contribution is 2.45. The van der Waals surface area contributed by atoms with Gasteiger partial charge in [-0.25, -0.2) is 9.78 Å². The van der Waals surface area contributed by atoms with E-state index < -0.39 is 11.5 Å². The lowest BCUT2D eigenvalue weighted by atomic mass is 9.75. The Morgan fingerprint density at radius 1 is 1.41 bits per heavy atom. The summed E-state index contributed by atoms with van der Waals surface area (Å²) in [5, 5.41) is 0. The second-order valence-electron chi connectivity index (χ2n) is 7.04. The van der Waals surface area contributed by atoms with Crippen molar-refractivity contribution in [3.8, 4) is 5.75 Å². The predicted molar refractivity (Wildman–Crippen MR) is 78.4 cm³/mol. The normalized spacial score (nSPS) is 19.7. The van der Waals surface area contributed by atoms with Crippen LogP contribution in [-0.4, -0.2) is 41.3 Å². The van der Waals surface area contributed by atoms with E-state index in [4.69, 9.17) is 9.47 Å². The molecule has 1 fully saturated rings. The fourth-order valence-corrected chi connectivity index (χ4v) is 3.10. The summed E-state index contributed by atoms with van der Waals surface area (Å²) >= 11 is 0. The maximum absolute atomic E-state index is 13.4. The lowest BCUT2D eigenvalue weighted by Crippen LogP contribution is -2.47. The number of carbonyl (C=O) groups is 1. The van der Waals surface area contributed by atoms with Crippen molar-refractivity contribution >= 4 is 6.09 Å². The number of piperidine rings is 1. The van der Waals surface area contributed by atoms with Gasteiger partial charge in [0.25, 0.3) is 0 Å². The van der Waals surface area contributed by atoms with E-state index in [1.165, 1.54) is 12.3 Å². The summed E-state index contributed by atoms with van der Waals surface area (Å²) in [7, 11) is 0. The Bertz CT molecular complexity index is 590. The number of hydrogen-bond acceptors (Lipinski definition) is 4. The largest absolute Gasteiger partial charge is 0.491 e. The highest BCUT2D eigenvalue weighted by Gasteiger charge is 2.44. The van der Waals surface area contributed by atoms with Crippen molar-refractivity contribution < 1.29 is 18.7 Å². The molecule has 0 atom stereocenters. The third-order valence-corrected chi connectivity index (χ3v) is 4.28. The van der Waals surface area contributed by atoms with Crippen LogP contribution < -0.4 is 4.74 Å². The lowest BCUT2D eigenvalue weighted by molar-refractivity contribution is 0.0152. The van der Waals surface area contributed by atoms with Crippen LogP contribution in [0.4, 0.5) is 9.18 Å². The average Bonchev–Trinajstić information content (AvgIpc) is 2.76. The summed E-state index contributed by atoms with van der Waals surface area (Å²) in [5.74, 6) is 0.172. The van der Waals surface area contributed by atoms with Crippen LogP contribution in [0, 0.1) is 5.95 Å². The number of carbonyl (C=O) groups excluding carboxylic acids is 1. The quantitative estimate of drug-likeness (QED) is 0.692. The first-order valence-corrected chi connectivity index (χ1v) is 7.56. The smallest absolute Gasteiger partial charge is 0.410 e. The number of hydrogen-bond donors (Lipinski definition) is 0. The number of nitrogens with zero attached hydrogens (tertiary/aromatic N) is 2. The summed E-state index contributed by atoms with van der Waals surface area (Å²) in [6.45, 7) is 7.26. The van der Waals surface area contributed by atoms with Gasteiger partial charge in [-0.15, -0.1) is 0 Å². The van der Waals surface area contributed by atoms with E-state index in [9.17, 15) is 9.18 Å². The molecule has 6 heteroatoms. The Morgan fingerprint density at radius 3 is 2.73 bits per heavy atom. The molecule has 1 saturated heterocycles. The summed E-state index contributed by atoms with van der Waals surface area (Å²) < 4.78 is 24.5. The molecule has 3 heterocycles. The van der Waals surface area contributed by atoms with Gasteiger partial charge < -0.3 is 14.4 Å². The molecule has 0 bridgehead atoms. The van der Waals surface area contributed by atoms with Gasteiger partial charge in [0.2, 0.25) is 5.95 Å². The number of fused-ring (bicyclic) bond motifs is 2. The SMILES string of the molecule is CC(C)(C)OC(=O)N1CCC2(CC1)COc1cnc(F)cc12. The van der Waals surface area contributed by atoms with Crippen molar-refractivity contribution in [1.29, 1.82) is 0 Å². The van der Waals surface area contributed by atoms with E-state index >= 15 is 0 Å². The van der Waals surface area contributed by atoms with Crippen molar-refractivity contribution in [2.45, 2.75) is 44.6 Å². The minimum absolute atomic E-state index is 0.211. The second-order valence-corrected chi connectivity index (χ2v) is 7.04. The van der Waals surface area contributed by atoms with Crippen LogP contribution >= 0.6 is 0 Å². The van der Waals surface area contributed by atoms with Gasteiger partial charge in [-0.3, -0.25) is 0 Å².